The first-order chi connectivity index (χ1) is 7.72. The number of halogens is 1. The van der Waals surface area contributed by atoms with Crippen molar-refractivity contribution in [3.05, 3.63) is 41.5 Å². The fraction of sp³-hybridized carbons (Fsp3) is 0.100. The van der Waals surface area contributed by atoms with Gasteiger partial charge in [-0.15, -0.1) is 0 Å². The van der Waals surface area contributed by atoms with Crippen LogP contribution in [0.1, 0.15) is 16.1 Å². The molecule has 4 nitrogen and oxygen atoms in total. The van der Waals surface area contributed by atoms with Crippen LogP contribution in [0.2, 0.25) is 0 Å². The zero-order valence-electron chi connectivity index (χ0n) is 8.31. The maximum atomic E-state index is 13.5. The van der Waals surface area contributed by atoms with Crippen LogP contribution < -0.4 is 4.74 Å². The Kier molecular flexibility index (Phi) is 2.91. The first-order valence-corrected chi connectivity index (χ1v) is 5.11. The van der Waals surface area contributed by atoms with Crippen LogP contribution in [0, 0.1) is 5.82 Å². The van der Waals surface area contributed by atoms with Crippen molar-refractivity contribution in [1.29, 1.82) is 0 Å². The molecule has 0 N–H and O–H groups in total. The van der Waals surface area contributed by atoms with Gasteiger partial charge in [-0.1, -0.05) is 0 Å². The first kappa shape index (κ1) is 10.7. The molecule has 0 saturated carbocycles. The van der Waals surface area contributed by atoms with Crippen molar-refractivity contribution in [2.24, 2.45) is 0 Å². The number of carbonyl (C=O) groups excluding carboxylic acids is 1. The molecule has 0 amide bonds. The van der Waals surface area contributed by atoms with E-state index in [0.29, 0.717) is 5.75 Å². The Hall–Kier alpha value is -1.82. The van der Waals surface area contributed by atoms with Crippen molar-refractivity contribution >= 4 is 17.5 Å². The summed E-state index contributed by atoms with van der Waals surface area (Å²) in [5.41, 5.74) is 0.113. The largest absolute Gasteiger partial charge is 0.497 e. The smallest absolute Gasteiger partial charge is 0.217 e. The lowest BCUT2D eigenvalue weighted by molar-refractivity contribution is 0.103. The van der Waals surface area contributed by atoms with Crippen LogP contribution in [0.5, 0.6) is 5.75 Å². The lowest BCUT2D eigenvalue weighted by Gasteiger charge is -2.02. The molecule has 2 aromatic rings. The van der Waals surface area contributed by atoms with Crippen LogP contribution in [-0.2, 0) is 0 Å². The lowest BCUT2D eigenvalue weighted by atomic mass is 10.1. The maximum Gasteiger partial charge on any atom is 0.217 e. The van der Waals surface area contributed by atoms with Crippen LogP contribution >= 0.6 is 11.7 Å². The molecule has 0 atom stereocenters. The standard InChI is InChI=1S/C10H7FN2O2S/c1-15-6-2-3-7(8(11)4-6)10(14)9-5-12-16-13-9/h2-5H,1H3. The van der Waals surface area contributed by atoms with Crippen molar-refractivity contribution in [2.75, 3.05) is 7.11 Å². The minimum atomic E-state index is -0.627. The summed E-state index contributed by atoms with van der Waals surface area (Å²) in [4.78, 5) is 11.8. The molecule has 2 rings (SSSR count). The summed E-state index contributed by atoms with van der Waals surface area (Å²) >= 11 is 0.908. The third-order valence-corrected chi connectivity index (χ3v) is 2.49. The summed E-state index contributed by atoms with van der Waals surface area (Å²) in [6.45, 7) is 0. The number of methoxy groups -OCH3 is 1. The number of hydrogen-bond acceptors (Lipinski definition) is 5. The van der Waals surface area contributed by atoms with E-state index in [2.05, 4.69) is 8.75 Å². The van der Waals surface area contributed by atoms with Crippen molar-refractivity contribution in [2.45, 2.75) is 0 Å². The van der Waals surface area contributed by atoms with Crippen LogP contribution in [0.4, 0.5) is 4.39 Å². The maximum absolute atomic E-state index is 13.5. The van der Waals surface area contributed by atoms with Gasteiger partial charge in [0.15, 0.2) is 0 Å². The topological polar surface area (TPSA) is 52.1 Å². The molecule has 0 unspecified atom stereocenters. The van der Waals surface area contributed by atoms with E-state index in [1.165, 1.54) is 25.4 Å². The lowest BCUT2D eigenvalue weighted by Crippen LogP contribution is -2.04. The second kappa shape index (κ2) is 4.36. The van der Waals surface area contributed by atoms with Gasteiger partial charge in [0.05, 0.1) is 30.6 Å². The minimum absolute atomic E-state index is 0.0338. The van der Waals surface area contributed by atoms with Crippen molar-refractivity contribution < 1.29 is 13.9 Å². The van der Waals surface area contributed by atoms with Gasteiger partial charge in [-0.05, 0) is 12.1 Å². The first-order valence-electron chi connectivity index (χ1n) is 4.38. The van der Waals surface area contributed by atoms with E-state index >= 15 is 0 Å². The van der Waals surface area contributed by atoms with Crippen molar-refractivity contribution in [1.82, 2.24) is 8.75 Å². The Morgan fingerprint density at radius 3 is 2.88 bits per heavy atom. The number of carbonyl (C=O) groups is 1. The van der Waals surface area contributed by atoms with Crippen LogP contribution in [-0.4, -0.2) is 21.6 Å². The molecule has 0 aliphatic heterocycles. The summed E-state index contributed by atoms with van der Waals surface area (Å²) in [6.07, 6.45) is 1.32. The zero-order valence-corrected chi connectivity index (χ0v) is 9.12. The quantitative estimate of drug-likeness (QED) is 0.766. The fourth-order valence-corrected chi connectivity index (χ4v) is 1.62. The Bertz CT molecular complexity index is 514. The summed E-state index contributed by atoms with van der Waals surface area (Å²) in [5.74, 6) is -0.739. The summed E-state index contributed by atoms with van der Waals surface area (Å²) in [6, 6.07) is 4.05. The third kappa shape index (κ3) is 1.92. The molecular formula is C10H7FN2O2S. The average Bonchev–Trinajstić information content (AvgIpc) is 2.81. The van der Waals surface area contributed by atoms with Crippen molar-refractivity contribution in [3.63, 3.8) is 0 Å². The van der Waals surface area contributed by atoms with E-state index in [4.69, 9.17) is 4.74 Å². The van der Waals surface area contributed by atoms with Crippen LogP contribution in [0.3, 0.4) is 0 Å². The number of hydrogen-bond donors (Lipinski definition) is 0. The van der Waals surface area contributed by atoms with Gasteiger partial charge in [-0.2, -0.15) is 8.75 Å². The molecule has 82 valence electrons. The van der Waals surface area contributed by atoms with Crippen LogP contribution in [0.25, 0.3) is 0 Å². The molecule has 1 heterocycles. The highest BCUT2D eigenvalue weighted by Gasteiger charge is 2.16. The highest BCUT2D eigenvalue weighted by atomic mass is 32.1. The Morgan fingerprint density at radius 1 is 1.50 bits per heavy atom. The molecule has 0 radical (unpaired) electrons. The molecular weight excluding hydrogens is 231 g/mol. The van der Waals surface area contributed by atoms with Gasteiger partial charge in [0.2, 0.25) is 5.78 Å². The molecule has 0 aliphatic rings. The fourth-order valence-electron chi connectivity index (χ4n) is 1.21. The Morgan fingerprint density at radius 2 is 2.31 bits per heavy atom. The third-order valence-electron chi connectivity index (χ3n) is 2.01. The molecule has 16 heavy (non-hydrogen) atoms. The highest BCUT2D eigenvalue weighted by Crippen LogP contribution is 2.18. The molecule has 0 saturated heterocycles. The van der Waals surface area contributed by atoms with Gasteiger partial charge < -0.3 is 4.74 Å². The van der Waals surface area contributed by atoms with Gasteiger partial charge in [-0.3, -0.25) is 4.79 Å². The van der Waals surface area contributed by atoms with E-state index in [0.717, 1.165) is 17.8 Å². The predicted octanol–water partition coefficient (Wildman–Crippen LogP) is 1.92. The van der Waals surface area contributed by atoms with Gasteiger partial charge in [0.25, 0.3) is 0 Å². The number of ether oxygens (including phenoxy) is 1. The van der Waals surface area contributed by atoms with E-state index < -0.39 is 11.6 Å². The number of rotatable bonds is 3. The summed E-state index contributed by atoms with van der Waals surface area (Å²) < 4.78 is 25.8. The normalized spacial score (nSPS) is 10.1. The molecule has 0 bridgehead atoms. The van der Waals surface area contributed by atoms with Gasteiger partial charge >= 0.3 is 0 Å². The van der Waals surface area contributed by atoms with Gasteiger partial charge in [-0.25, -0.2) is 4.39 Å². The number of aromatic nitrogens is 2. The van der Waals surface area contributed by atoms with Gasteiger partial charge in [0.1, 0.15) is 17.3 Å². The molecule has 1 aromatic heterocycles. The highest BCUT2D eigenvalue weighted by molar-refractivity contribution is 6.99. The van der Waals surface area contributed by atoms with Gasteiger partial charge in [0, 0.05) is 6.07 Å². The SMILES string of the molecule is COc1ccc(C(=O)c2cnsn2)c(F)c1. The predicted molar refractivity (Wildman–Crippen MR) is 56.3 cm³/mol. The minimum Gasteiger partial charge on any atom is -0.497 e. The zero-order chi connectivity index (χ0) is 11.5. The van der Waals surface area contributed by atoms with E-state index in [1.807, 2.05) is 0 Å². The van der Waals surface area contributed by atoms with E-state index in [-0.39, 0.29) is 11.3 Å². The second-order valence-corrected chi connectivity index (χ2v) is 3.52. The summed E-state index contributed by atoms with van der Waals surface area (Å²) in [7, 11) is 1.43. The van der Waals surface area contributed by atoms with Crippen LogP contribution in [0.15, 0.2) is 24.4 Å². The molecule has 6 heteroatoms. The molecule has 1 aromatic carbocycles. The Balaban J connectivity index is 2.38. The van der Waals surface area contributed by atoms with Crippen molar-refractivity contribution in [3.8, 4) is 5.75 Å². The number of benzene rings is 1. The molecule has 0 aliphatic carbocycles. The Labute approximate surface area is 95.0 Å². The number of ketones is 1. The van der Waals surface area contributed by atoms with E-state index in [9.17, 15) is 9.18 Å². The number of nitrogens with zero attached hydrogens (tertiary/aromatic N) is 2. The molecule has 0 fully saturated rings. The second-order valence-electron chi connectivity index (χ2n) is 2.97. The monoisotopic (exact) mass is 238 g/mol. The molecule has 0 spiro atoms. The summed E-state index contributed by atoms with van der Waals surface area (Å²) in [5, 5.41) is 0. The average molecular weight is 238 g/mol. The van der Waals surface area contributed by atoms with E-state index in [1.54, 1.807) is 0 Å².